The van der Waals surface area contributed by atoms with Crippen LogP contribution in [0.4, 0.5) is 4.79 Å². The minimum Gasteiger partial charge on any atom is -0.503 e. The number of halogens is 2. The molecular weight excluding hydrogens is 486 g/mol. The molecule has 1 heterocycles. The first-order chi connectivity index (χ1) is 12.4. The van der Waals surface area contributed by atoms with Crippen molar-refractivity contribution < 1.29 is 19.4 Å². The average molecular weight is 499 g/mol. The van der Waals surface area contributed by atoms with Gasteiger partial charge in [-0.15, -0.1) is 0 Å². The normalized spacial score (nSPS) is 15.8. The fourth-order valence-corrected chi connectivity index (χ4v) is 3.96. The SMILES string of the molecule is COc1cc(/C=C2/SC(=O)N(Cc3ccc(Br)cc3)C2=O)cc(Br)c1O. The Kier molecular flexibility index (Phi) is 5.74. The van der Waals surface area contributed by atoms with Crippen molar-refractivity contribution in [3.05, 3.63) is 61.4 Å². The van der Waals surface area contributed by atoms with Crippen LogP contribution in [0.5, 0.6) is 11.5 Å². The van der Waals surface area contributed by atoms with Gasteiger partial charge in [0.25, 0.3) is 11.1 Å². The monoisotopic (exact) mass is 497 g/mol. The predicted molar refractivity (Wildman–Crippen MR) is 108 cm³/mol. The number of methoxy groups -OCH3 is 1. The largest absolute Gasteiger partial charge is 0.503 e. The number of carbonyl (C=O) groups is 2. The van der Waals surface area contributed by atoms with Gasteiger partial charge in [0.1, 0.15) is 0 Å². The molecule has 2 aromatic carbocycles. The van der Waals surface area contributed by atoms with Gasteiger partial charge in [-0.1, -0.05) is 28.1 Å². The lowest BCUT2D eigenvalue weighted by Crippen LogP contribution is -2.27. The fourth-order valence-electron chi connectivity index (χ4n) is 2.39. The first-order valence-electron chi connectivity index (χ1n) is 7.45. The summed E-state index contributed by atoms with van der Waals surface area (Å²) in [6.45, 7) is 0.220. The Bertz CT molecular complexity index is 912. The highest BCUT2D eigenvalue weighted by molar-refractivity contribution is 9.10. The summed E-state index contributed by atoms with van der Waals surface area (Å²) in [4.78, 5) is 26.4. The quantitative estimate of drug-likeness (QED) is 0.589. The number of carbonyl (C=O) groups excluding carboxylic acids is 2. The summed E-state index contributed by atoms with van der Waals surface area (Å²) in [6, 6.07) is 10.7. The van der Waals surface area contributed by atoms with Crippen molar-refractivity contribution in [1.29, 1.82) is 0 Å². The molecular formula is C18H13Br2NO4S. The number of thioether (sulfide) groups is 1. The van der Waals surface area contributed by atoms with Crippen molar-refractivity contribution in [1.82, 2.24) is 4.90 Å². The molecule has 0 atom stereocenters. The Morgan fingerprint density at radius 1 is 1.19 bits per heavy atom. The van der Waals surface area contributed by atoms with E-state index in [4.69, 9.17) is 4.74 Å². The molecule has 1 fully saturated rings. The molecule has 0 aromatic heterocycles. The van der Waals surface area contributed by atoms with E-state index in [1.54, 1.807) is 18.2 Å². The number of imide groups is 1. The molecule has 2 amide bonds. The molecule has 134 valence electrons. The Balaban J connectivity index is 1.85. The standard InChI is InChI=1S/C18H13Br2NO4S/c1-25-14-7-11(6-13(20)16(14)22)8-15-17(23)21(18(24)26-15)9-10-2-4-12(19)5-3-10/h2-8,22H,9H2,1H3/b15-8+. The number of ether oxygens (including phenoxy) is 1. The maximum absolute atomic E-state index is 12.6. The van der Waals surface area contributed by atoms with Gasteiger partial charge < -0.3 is 9.84 Å². The van der Waals surface area contributed by atoms with E-state index in [9.17, 15) is 14.7 Å². The minimum absolute atomic E-state index is 0.0204. The van der Waals surface area contributed by atoms with Gasteiger partial charge in [0.15, 0.2) is 11.5 Å². The molecule has 0 saturated carbocycles. The maximum atomic E-state index is 12.6. The van der Waals surface area contributed by atoms with E-state index in [0.29, 0.717) is 14.9 Å². The maximum Gasteiger partial charge on any atom is 0.293 e. The lowest BCUT2D eigenvalue weighted by atomic mass is 10.1. The summed E-state index contributed by atoms with van der Waals surface area (Å²) < 4.78 is 6.48. The number of phenolic OH excluding ortho intramolecular Hbond substituents is 1. The number of amides is 2. The zero-order valence-corrected chi connectivity index (χ0v) is 17.5. The number of phenols is 1. The highest BCUT2D eigenvalue weighted by atomic mass is 79.9. The second kappa shape index (κ2) is 7.85. The summed E-state index contributed by atoms with van der Waals surface area (Å²) in [5.74, 6) is -0.0845. The van der Waals surface area contributed by atoms with Crippen molar-refractivity contribution >= 4 is 60.8 Å². The molecule has 0 bridgehead atoms. The van der Waals surface area contributed by atoms with Crippen LogP contribution < -0.4 is 4.74 Å². The van der Waals surface area contributed by atoms with E-state index in [0.717, 1.165) is 21.8 Å². The van der Waals surface area contributed by atoms with Crippen molar-refractivity contribution in [3.8, 4) is 11.5 Å². The third-order valence-corrected chi connectivity index (χ3v) is 5.74. The van der Waals surface area contributed by atoms with Gasteiger partial charge in [0.05, 0.1) is 23.0 Å². The summed E-state index contributed by atoms with van der Waals surface area (Å²) in [7, 11) is 1.44. The highest BCUT2D eigenvalue weighted by Crippen LogP contribution is 2.38. The van der Waals surface area contributed by atoms with E-state index in [1.807, 2.05) is 24.3 Å². The van der Waals surface area contributed by atoms with Crippen LogP contribution in [-0.2, 0) is 11.3 Å². The van der Waals surface area contributed by atoms with Crippen LogP contribution in [0.25, 0.3) is 6.08 Å². The number of hydrogen-bond donors (Lipinski definition) is 1. The summed E-state index contributed by atoms with van der Waals surface area (Å²) in [5, 5.41) is 9.56. The van der Waals surface area contributed by atoms with Crippen molar-refractivity contribution in [2.24, 2.45) is 0 Å². The molecule has 0 aliphatic carbocycles. The molecule has 5 nitrogen and oxygen atoms in total. The van der Waals surface area contributed by atoms with Crippen LogP contribution in [0.2, 0.25) is 0 Å². The number of nitrogens with zero attached hydrogens (tertiary/aromatic N) is 1. The number of hydrogen-bond acceptors (Lipinski definition) is 5. The molecule has 2 aromatic rings. The topological polar surface area (TPSA) is 66.8 Å². The van der Waals surface area contributed by atoms with Gasteiger partial charge in [-0.2, -0.15) is 0 Å². The zero-order valence-electron chi connectivity index (χ0n) is 13.5. The summed E-state index contributed by atoms with van der Waals surface area (Å²) >= 11 is 7.50. The average Bonchev–Trinajstić information content (AvgIpc) is 2.87. The van der Waals surface area contributed by atoms with Gasteiger partial charge in [0.2, 0.25) is 0 Å². The molecule has 0 radical (unpaired) electrons. The predicted octanol–water partition coefficient (Wildman–Crippen LogP) is 5.16. The molecule has 1 aliphatic heterocycles. The Hall–Kier alpha value is -1.77. The van der Waals surface area contributed by atoms with Gasteiger partial charge in [-0.25, -0.2) is 0 Å². The second-order valence-electron chi connectivity index (χ2n) is 5.45. The third-order valence-electron chi connectivity index (χ3n) is 3.70. The van der Waals surface area contributed by atoms with Gasteiger partial charge in [-0.05, 0) is 69.2 Å². The van der Waals surface area contributed by atoms with Gasteiger partial charge >= 0.3 is 0 Å². The van der Waals surface area contributed by atoms with Crippen LogP contribution in [0.3, 0.4) is 0 Å². The van der Waals surface area contributed by atoms with E-state index >= 15 is 0 Å². The lowest BCUT2D eigenvalue weighted by molar-refractivity contribution is -0.123. The molecule has 3 rings (SSSR count). The molecule has 0 spiro atoms. The number of aromatic hydroxyl groups is 1. The smallest absolute Gasteiger partial charge is 0.293 e. The van der Waals surface area contributed by atoms with Gasteiger partial charge in [0, 0.05) is 4.47 Å². The Labute approximate surface area is 171 Å². The number of benzene rings is 2. The van der Waals surface area contributed by atoms with Crippen molar-refractivity contribution in [2.45, 2.75) is 6.54 Å². The Morgan fingerprint density at radius 2 is 1.88 bits per heavy atom. The molecule has 8 heteroatoms. The molecule has 1 aliphatic rings. The highest BCUT2D eigenvalue weighted by Gasteiger charge is 2.35. The van der Waals surface area contributed by atoms with E-state index in [2.05, 4.69) is 31.9 Å². The molecule has 26 heavy (non-hydrogen) atoms. The Morgan fingerprint density at radius 3 is 2.54 bits per heavy atom. The second-order valence-corrected chi connectivity index (χ2v) is 8.21. The first-order valence-corrected chi connectivity index (χ1v) is 9.85. The van der Waals surface area contributed by atoms with Crippen molar-refractivity contribution in [3.63, 3.8) is 0 Å². The third kappa shape index (κ3) is 3.97. The van der Waals surface area contributed by atoms with Crippen LogP contribution in [0.1, 0.15) is 11.1 Å². The summed E-state index contributed by atoms with van der Waals surface area (Å²) in [6.07, 6.45) is 1.61. The van der Waals surface area contributed by atoms with Gasteiger partial charge in [-0.3, -0.25) is 14.5 Å². The zero-order chi connectivity index (χ0) is 18.8. The molecule has 1 N–H and O–H groups in total. The minimum atomic E-state index is -0.342. The fraction of sp³-hybridized carbons (Fsp3) is 0.111. The van der Waals surface area contributed by atoms with Crippen LogP contribution in [0, 0.1) is 0 Å². The first kappa shape index (κ1) is 19.0. The van der Waals surface area contributed by atoms with Crippen molar-refractivity contribution in [2.75, 3.05) is 7.11 Å². The summed E-state index contributed by atoms with van der Waals surface area (Å²) in [5.41, 5.74) is 1.51. The lowest BCUT2D eigenvalue weighted by Gasteiger charge is -2.12. The van der Waals surface area contributed by atoms with Crippen LogP contribution >= 0.6 is 43.6 Å². The number of rotatable bonds is 4. The van der Waals surface area contributed by atoms with Crippen LogP contribution in [-0.4, -0.2) is 28.3 Å². The van der Waals surface area contributed by atoms with E-state index in [1.165, 1.54) is 12.0 Å². The van der Waals surface area contributed by atoms with E-state index in [-0.39, 0.29) is 29.2 Å². The van der Waals surface area contributed by atoms with E-state index < -0.39 is 0 Å². The van der Waals surface area contributed by atoms with Crippen LogP contribution in [0.15, 0.2) is 50.2 Å². The molecule has 0 unspecified atom stereocenters. The molecule has 1 saturated heterocycles.